The van der Waals surface area contributed by atoms with E-state index < -0.39 is 0 Å². The predicted molar refractivity (Wildman–Crippen MR) is 69.4 cm³/mol. The molecule has 92 valence electrons. The smallest absolute Gasteiger partial charge is 0.243 e. The second-order valence-corrected chi connectivity index (χ2v) is 4.64. The van der Waals surface area contributed by atoms with Crippen molar-refractivity contribution in [3.63, 3.8) is 0 Å². The van der Waals surface area contributed by atoms with Crippen LogP contribution in [0, 0.1) is 6.92 Å². The average molecular weight is 233 g/mol. The minimum atomic E-state index is 0.448. The van der Waals surface area contributed by atoms with E-state index in [4.69, 9.17) is 0 Å². The molecule has 1 atom stereocenters. The fourth-order valence-corrected chi connectivity index (χ4v) is 1.48. The number of hydrogen-bond donors (Lipinski definition) is 1. The first-order valence-corrected chi connectivity index (χ1v) is 5.79. The number of nitrogens with one attached hydrogen (secondary N) is 1. The van der Waals surface area contributed by atoms with Gasteiger partial charge in [-0.3, -0.25) is 0 Å². The van der Waals surface area contributed by atoms with Crippen LogP contribution >= 0.6 is 0 Å². The molecular weight excluding hydrogens is 214 g/mol. The Balaban J connectivity index is 2.09. The number of aryl methyl sites for hydroxylation is 1. The largest absolute Gasteiger partial charge is 0.351 e. The van der Waals surface area contributed by atoms with Crippen LogP contribution in [-0.2, 0) is 0 Å². The molecule has 5 heteroatoms. The van der Waals surface area contributed by atoms with Crippen LogP contribution in [0.25, 0.3) is 5.65 Å². The molecule has 0 radical (unpaired) electrons. The van der Waals surface area contributed by atoms with Crippen molar-refractivity contribution < 1.29 is 0 Å². The highest BCUT2D eigenvalue weighted by Gasteiger charge is 2.07. The van der Waals surface area contributed by atoms with Crippen LogP contribution in [0.4, 0.5) is 5.95 Å². The average Bonchev–Trinajstić information content (AvgIpc) is 2.67. The van der Waals surface area contributed by atoms with Gasteiger partial charge in [0.25, 0.3) is 0 Å². The molecule has 5 nitrogen and oxygen atoms in total. The Labute approximate surface area is 101 Å². The Kier molecular flexibility index (Phi) is 3.28. The number of rotatable bonds is 4. The molecule has 2 heterocycles. The lowest BCUT2D eigenvalue weighted by molar-refractivity contribution is 0.326. The van der Waals surface area contributed by atoms with Gasteiger partial charge in [-0.25, -0.2) is 4.52 Å². The molecule has 1 unspecified atom stereocenters. The molecule has 1 N–H and O–H groups in total. The molecule has 0 aliphatic carbocycles. The first kappa shape index (κ1) is 11.9. The lowest BCUT2D eigenvalue weighted by Crippen LogP contribution is -2.31. The molecule has 0 amide bonds. The molecule has 2 aromatic heterocycles. The summed E-state index contributed by atoms with van der Waals surface area (Å²) < 4.78 is 1.79. The number of anilines is 1. The number of pyridine rings is 1. The van der Waals surface area contributed by atoms with Crippen LogP contribution in [0.15, 0.2) is 18.3 Å². The molecule has 0 fully saturated rings. The zero-order valence-electron chi connectivity index (χ0n) is 10.8. The molecule has 17 heavy (non-hydrogen) atoms. The van der Waals surface area contributed by atoms with E-state index in [0.717, 1.165) is 12.2 Å². The van der Waals surface area contributed by atoms with Crippen LogP contribution in [0.5, 0.6) is 0 Å². The maximum Gasteiger partial charge on any atom is 0.243 e. The summed E-state index contributed by atoms with van der Waals surface area (Å²) in [6.45, 7) is 5.05. The van der Waals surface area contributed by atoms with Gasteiger partial charge in [0.1, 0.15) is 0 Å². The van der Waals surface area contributed by atoms with Crippen LogP contribution in [0.3, 0.4) is 0 Å². The summed E-state index contributed by atoms with van der Waals surface area (Å²) in [5.41, 5.74) is 2.07. The van der Waals surface area contributed by atoms with Gasteiger partial charge >= 0.3 is 0 Å². The van der Waals surface area contributed by atoms with E-state index in [1.807, 2.05) is 18.3 Å². The maximum absolute atomic E-state index is 4.43. The Morgan fingerprint density at radius 2 is 2.24 bits per heavy atom. The van der Waals surface area contributed by atoms with Crippen LogP contribution in [-0.4, -0.2) is 46.2 Å². The van der Waals surface area contributed by atoms with E-state index in [9.17, 15) is 0 Å². The Hall–Kier alpha value is -1.62. The van der Waals surface area contributed by atoms with Gasteiger partial charge in [0, 0.05) is 18.8 Å². The molecule has 0 aliphatic rings. The fraction of sp³-hybridized carbons (Fsp3) is 0.500. The Morgan fingerprint density at radius 1 is 1.47 bits per heavy atom. The number of fused-ring (bicyclic) bond motifs is 1. The summed E-state index contributed by atoms with van der Waals surface area (Å²) >= 11 is 0. The number of aromatic nitrogens is 3. The van der Waals surface area contributed by atoms with Gasteiger partial charge in [-0.05, 0) is 45.6 Å². The molecule has 0 saturated carbocycles. The van der Waals surface area contributed by atoms with Crippen molar-refractivity contribution in [2.24, 2.45) is 0 Å². The third-order valence-electron chi connectivity index (χ3n) is 2.93. The van der Waals surface area contributed by atoms with Crippen molar-refractivity contribution in [1.29, 1.82) is 0 Å². The normalized spacial score (nSPS) is 13.2. The summed E-state index contributed by atoms with van der Waals surface area (Å²) in [7, 11) is 4.12. The van der Waals surface area contributed by atoms with Gasteiger partial charge in [0.15, 0.2) is 5.65 Å². The number of hydrogen-bond acceptors (Lipinski definition) is 4. The van der Waals surface area contributed by atoms with E-state index in [2.05, 4.69) is 48.2 Å². The Morgan fingerprint density at radius 3 is 2.94 bits per heavy atom. The van der Waals surface area contributed by atoms with Crippen LogP contribution in [0.1, 0.15) is 12.5 Å². The summed E-state index contributed by atoms with van der Waals surface area (Å²) in [6.07, 6.45) is 1.93. The van der Waals surface area contributed by atoms with Crippen molar-refractivity contribution in [1.82, 2.24) is 19.5 Å². The first-order chi connectivity index (χ1) is 8.06. The van der Waals surface area contributed by atoms with Gasteiger partial charge in [0.05, 0.1) is 0 Å². The SMILES string of the molecule is Cc1ccn2nc(NCC(C)N(C)C)nc2c1. The van der Waals surface area contributed by atoms with Gasteiger partial charge < -0.3 is 10.2 Å². The third kappa shape index (κ3) is 2.74. The molecule has 0 spiro atoms. The summed E-state index contributed by atoms with van der Waals surface area (Å²) in [4.78, 5) is 6.59. The molecular formula is C12H19N5. The molecule has 0 bridgehead atoms. The highest BCUT2D eigenvalue weighted by molar-refractivity contribution is 5.45. The zero-order chi connectivity index (χ0) is 12.4. The van der Waals surface area contributed by atoms with Crippen molar-refractivity contribution in [3.8, 4) is 0 Å². The van der Waals surface area contributed by atoms with Crippen molar-refractivity contribution in [2.75, 3.05) is 26.0 Å². The predicted octanol–water partition coefficient (Wildman–Crippen LogP) is 1.40. The number of nitrogens with zero attached hydrogens (tertiary/aromatic N) is 4. The molecule has 0 aliphatic heterocycles. The molecule has 0 saturated heterocycles. The summed E-state index contributed by atoms with van der Waals surface area (Å²) in [5, 5.41) is 7.61. The molecule has 2 rings (SSSR count). The highest BCUT2D eigenvalue weighted by atomic mass is 15.3. The topological polar surface area (TPSA) is 45.5 Å². The van der Waals surface area contributed by atoms with Crippen LogP contribution in [0.2, 0.25) is 0 Å². The van der Waals surface area contributed by atoms with Crippen molar-refractivity contribution in [2.45, 2.75) is 19.9 Å². The Bertz CT molecular complexity index is 503. The molecule has 0 aromatic carbocycles. The third-order valence-corrected chi connectivity index (χ3v) is 2.93. The lowest BCUT2D eigenvalue weighted by atomic mass is 10.3. The van der Waals surface area contributed by atoms with E-state index in [1.165, 1.54) is 5.56 Å². The zero-order valence-corrected chi connectivity index (χ0v) is 10.8. The van der Waals surface area contributed by atoms with Crippen molar-refractivity contribution in [3.05, 3.63) is 23.9 Å². The van der Waals surface area contributed by atoms with E-state index in [0.29, 0.717) is 12.0 Å². The van der Waals surface area contributed by atoms with Crippen molar-refractivity contribution >= 4 is 11.6 Å². The van der Waals surface area contributed by atoms with Gasteiger partial charge in [-0.1, -0.05) is 0 Å². The standard InChI is InChI=1S/C12H19N5/c1-9-5-6-17-11(7-9)14-12(15-17)13-8-10(2)16(3)4/h5-7,10H,8H2,1-4H3,(H,13,15). The maximum atomic E-state index is 4.43. The monoisotopic (exact) mass is 233 g/mol. The fourth-order valence-electron chi connectivity index (χ4n) is 1.48. The minimum absolute atomic E-state index is 0.448. The first-order valence-electron chi connectivity index (χ1n) is 5.79. The molecule has 2 aromatic rings. The quantitative estimate of drug-likeness (QED) is 0.867. The van der Waals surface area contributed by atoms with Gasteiger partial charge in [-0.15, -0.1) is 5.10 Å². The summed E-state index contributed by atoms with van der Waals surface area (Å²) in [6, 6.07) is 4.49. The van der Waals surface area contributed by atoms with Gasteiger partial charge in [-0.2, -0.15) is 4.98 Å². The van der Waals surface area contributed by atoms with E-state index in [1.54, 1.807) is 4.52 Å². The lowest BCUT2D eigenvalue weighted by Gasteiger charge is -2.19. The van der Waals surface area contributed by atoms with E-state index >= 15 is 0 Å². The highest BCUT2D eigenvalue weighted by Crippen LogP contribution is 2.07. The second kappa shape index (κ2) is 4.71. The minimum Gasteiger partial charge on any atom is -0.351 e. The van der Waals surface area contributed by atoms with E-state index in [-0.39, 0.29) is 0 Å². The second-order valence-electron chi connectivity index (χ2n) is 4.64. The summed E-state index contributed by atoms with van der Waals surface area (Å²) in [5.74, 6) is 0.685. The number of likely N-dealkylation sites (N-methyl/N-ethyl adjacent to an activating group) is 1. The van der Waals surface area contributed by atoms with Crippen LogP contribution < -0.4 is 5.32 Å². The van der Waals surface area contributed by atoms with Gasteiger partial charge in [0.2, 0.25) is 5.95 Å².